The van der Waals surface area contributed by atoms with Crippen LogP contribution in [0.5, 0.6) is 0 Å². The molecule has 5 atom stereocenters. The average molecular weight is 272 g/mol. The molecule has 1 aliphatic heterocycles. The van der Waals surface area contributed by atoms with Gasteiger partial charge < -0.3 is 4.74 Å². The van der Waals surface area contributed by atoms with E-state index in [1.54, 1.807) is 5.57 Å². The molecule has 3 saturated carbocycles. The Morgan fingerprint density at radius 3 is 2.95 bits per heavy atom. The van der Waals surface area contributed by atoms with Crippen LogP contribution in [-0.4, -0.2) is 11.4 Å². The van der Waals surface area contributed by atoms with Crippen molar-refractivity contribution < 1.29 is 9.53 Å². The SMILES string of the molecule is C[C@]12CC3=C4[C@@H](CCC5CCCC[C@]45O3)[C@@H]1CCC2=O. The molecule has 0 radical (unpaired) electrons. The summed E-state index contributed by atoms with van der Waals surface area (Å²) >= 11 is 0. The third-order valence-electron chi connectivity index (χ3n) is 7.42. The maximum absolute atomic E-state index is 12.4. The second-order valence-electron chi connectivity index (χ2n) is 8.12. The molecule has 5 rings (SSSR count). The van der Waals surface area contributed by atoms with Crippen molar-refractivity contribution >= 4 is 5.78 Å². The quantitative estimate of drug-likeness (QED) is 0.666. The normalized spacial score (nSPS) is 52.6. The summed E-state index contributed by atoms with van der Waals surface area (Å²) in [6.45, 7) is 2.22. The molecule has 2 nitrogen and oxygen atoms in total. The lowest BCUT2D eigenvalue weighted by Crippen LogP contribution is -2.60. The van der Waals surface area contributed by atoms with Crippen LogP contribution in [0, 0.1) is 23.2 Å². The first kappa shape index (κ1) is 11.8. The van der Waals surface area contributed by atoms with E-state index in [0.717, 1.165) is 25.2 Å². The molecule has 0 N–H and O–H groups in total. The van der Waals surface area contributed by atoms with Crippen LogP contribution in [0.3, 0.4) is 0 Å². The van der Waals surface area contributed by atoms with Crippen molar-refractivity contribution in [1.29, 1.82) is 0 Å². The number of carbonyl (C=O) groups is 1. The van der Waals surface area contributed by atoms with Gasteiger partial charge >= 0.3 is 0 Å². The first-order valence-corrected chi connectivity index (χ1v) is 8.61. The smallest absolute Gasteiger partial charge is 0.139 e. The molecule has 3 fully saturated rings. The number of Topliss-reactive ketones (excluding diaryl/α,β-unsaturated/α-hetero) is 1. The summed E-state index contributed by atoms with van der Waals surface area (Å²) in [5.41, 5.74) is 1.75. The number of hydrogen-bond donors (Lipinski definition) is 0. The molecule has 0 aromatic heterocycles. The highest BCUT2D eigenvalue weighted by Gasteiger charge is 2.66. The van der Waals surface area contributed by atoms with Gasteiger partial charge in [0.25, 0.3) is 0 Å². The van der Waals surface area contributed by atoms with Gasteiger partial charge in [-0.1, -0.05) is 13.3 Å². The van der Waals surface area contributed by atoms with Crippen molar-refractivity contribution in [3.05, 3.63) is 11.3 Å². The second kappa shape index (κ2) is 3.51. The monoisotopic (exact) mass is 272 g/mol. The summed E-state index contributed by atoms with van der Waals surface area (Å²) in [5, 5.41) is 0. The summed E-state index contributed by atoms with van der Waals surface area (Å²) < 4.78 is 6.45. The second-order valence-corrected chi connectivity index (χ2v) is 8.12. The molecule has 0 bridgehead atoms. The highest BCUT2D eigenvalue weighted by Crippen LogP contribution is 2.68. The summed E-state index contributed by atoms with van der Waals surface area (Å²) in [6, 6.07) is 0. The van der Waals surface area contributed by atoms with E-state index in [9.17, 15) is 4.79 Å². The minimum atomic E-state index is -0.0907. The van der Waals surface area contributed by atoms with Gasteiger partial charge in [0.1, 0.15) is 17.1 Å². The van der Waals surface area contributed by atoms with Crippen LogP contribution in [-0.2, 0) is 9.53 Å². The van der Waals surface area contributed by atoms with Gasteiger partial charge in [0.2, 0.25) is 0 Å². The number of ketones is 1. The highest BCUT2D eigenvalue weighted by molar-refractivity contribution is 5.88. The standard InChI is InChI=1S/C18H24O2/c1-17-10-14-16-12(13(17)7-8-15(17)19)6-5-11-4-2-3-9-18(11,16)20-14/h11-13H,2-10H2,1H3/t11?,12-,13-,17-,18+/m0/s1. The van der Waals surface area contributed by atoms with Crippen LogP contribution >= 0.6 is 0 Å². The Balaban J connectivity index is 1.61. The molecule has 5 aliphatic rings. The van der Waals surface area contributed by atoms with E-state index in [4.69, 9.17) is 4.74 Å². The lowest BCUT2D eigenvalue weighted by atomic mass is 9.50. The minimum absolute atomic E-state index is 0.0907. The van der Waals surface area contributed by atoms with Crippen molar-refractivity contribution in [1.82, 2.24) is 0 Å². The van der Waals surface area contributed by atoms with Crippen LogP contribution in [0.2, 0.25) is 0 Å². The number of rotatable bonds is 0. The first-order valence-electron chi connectivity index (χ1n) is 8.61. The summed E-state index contributed by atoms with van der Waals surface area (Å²) in [5.74, 6) is 3.84. The average Bonchev–Trinajstić information content (AvgIpc) is 2.72. The van der Waals surface area contributed by atoms with Crippen molar-refractivity contribution in [3.63, 3.8) is 0 Å². The maximum Gasteiger partial charge on any atom is 0.139 e. The molecule has 0 aromatic carbocycles. The van der Waals surface area contributed by atoms with Gasteiger partial charge in [-0.15, -0.1) is 0 Å². The van der Waals surface area contributed by atoms with Crippen molar-refractivity contribution in [2.45, 2.75) is 70.3 Å². The molecule has 0 amide bonds. The van der Waals surface area contributed by atoms with Crippen LogP contribution in [0.4, 0.5) is 0 Å². The topological polar surface area (TPSA) is 26.3 Å². The molecule has 1 spiro atoms. The van der Waals surface area contributed by atoms with E-state index in [-0.39, 0.29) is 11.0 Å². The lowest BCUT2D eigenvalue weighted by molar-refractivity contribution is -0.156. The molecule has 1 unspecified atom stereocenters. The lowest BCUT2D eigenvalue weighted by Gasteiger charge is -2.63. The molecule has 2 heteroatoms. The van der Waals surface area contributed by atoms with Crippen molar-refractivity contribution in [2.75, 3.05) is 0 Å². The first-order chi connectivity index (χ1) is 9.65. The fourth-order valence-electron chi connectivity index (χ4n) is 6.49. The van der Waals surface area contributed by atoms with E-state index in [1.165, 1.54) is 44.3 Å². The van der Waals surface area contributed by atoms with Gasteiger partial charge in [0.15, 0.2) is 0 Å². The van der Waals surface area contributed by atoms with Crippen molar-refractivity contribution in [3.8, 4) is 0 Å². The molecule has 20 heavy (non-hydrogen) atoms. The van der Waals surface area contributed by atoms with Crippen molar-refractivity contribution in [2.24, 2.45) is 23.2 Å². The van der Waals surface area contributed by atoms with E-state index in [2.05, 4.69) is 6.92 Å². The zero-order valence-corrected chi connectivity index (χ0v) is 12.4. The fraction of sp³-hybridized carbons (Fsp3) is 0.833. The van der Waals surface area contributed by atoms with Crippen LogP contribution in [0.15, 0.2) is 11.3 Å². The number of ether oxygens (including phenoxy) is 1. The molecular formula is C18H24O2. The van der Waals surface area contributed by atoms with Gasteiger partial charge in [0, 0.05) is 29.7 Å². The molecule has 0 aromatic rings. The summed E-state index contributed by atoms with van der Waals surface area (Å²) in [6.07, 6.45) is 10.9. The third kappa shape index (κ3) is 1.13. The van der Waals surface area contributed by atoms with E-state index < -0.39 is 0 Å². The number of hydrogen-bond acceptors (Lipinski definition) is 2. The van der Waals surface area contributed by atoms with E-state index in [1.807, 2.05) is 0 Å². The Hall–Kier alpha value is -0.790. The highest BCUT2D eigenvalue weighted by atomic mass is 16.5. The molecular weight excluding hydrogens is 248 g/mol. The van der Waals surface area contributed by atoms with Gasteiger partial charge in [0.05, 0.1) is 0 Å². The van der Waals surface area contributed by atoms with Crippen LogP contribution in [0.25, 0.3) is 0 Å². The summed E-state index contributed by atoms with van der Waals surface area (Å²) in [4.78, 5) is 12.4. The predicted molar refractivity (Wildman–Crippen MR) is 76.0 cm³/mol. The third-order valence-corrected chi connectivity index (χ3v) is 7.42. The Morgan fingerprint density at radius 2 is 2.05 bits per heavy atom. The number of carbonyl (C=O) groups excluding carboxylic acids is 1. The number of allylic oxidation sites excluding steroid dienone is 1. The number of fused-ring (bicyclic) bond motifs is 2. The largest absolute Gasteiger partial charge is 0.487 e. The summed E-state index contributed by atoms with van der Waals surface area (Å²) in [7, 11) is 0. The van der Waals surface area contributed by atoms with Gasteiger partial charge in [-0.2, -0.15) is 0 Å². The van der Waals surface area contributed by atoms with Crippen LogP contribution in [0.1, 0.15) is 64.7 Å². The van der Waals surface area contributed by atoms with Gasteiger partial charge in [-0.25, -0.2) is 0 Å². The molecule has 1 heterocycles. The zero-order valence-electron chi connectivity index (χ0n) is 12.4. The van der Waals surface area contributed by atoms with E-state index >= 15 is 0 Å². The zero-order chi connectivity index (χ0) is 13.5. The Bertz CT molecular complexity index is 534. The maximum atomic E-state index is 12.4. The molecule has 4 aliphatic carbocycles. The predicted octanol–water partition coefficient (Wildman–Crippen LogP) is 4.00. The Kier molecular flexibility index (Phi) is 2.07. The van der Waals surface area contributed by atoms with E-state index in [0.29, 0.717) is 17.6 Å². The van der Waals surface area contributed by atoms with Crippen LogP contribution < -0.4 is 0 Å². The van der Waals surface area contributed by atoms with Gasteiger partial charge in [-0.05, 0) is 50.4 Å². The fourth-order valence-corrected chi connectivity index (χ4v) is 6.49. The Morgan fingerprint density at radius 1 is 1.15 bits per heavy atom. The Labute approximate surface area is 120 Å². The molecule has 0 saturated heterocycles. The molecule has 108 valence electrons. The van der Waals surface area contributed by atoms with Gasteiger partial charge in [-0.3, -0.25) is 4.79 Å². The minimum Gasteiger partial charge on any atom is -0.487 e.